The molecule has 1 aliphatic heterocycles. The van der Waals surface area contributed by atoms with E-state index in [0.29, 0.717) is 5.02 Å². The molecule has 1 aromatic rings. The van der Waals surface area contributed by atoms with Crippen molar-refractivity contribution < 1.29 is 4.79 Å². The molecule has 1 heterocycles. The molecule has 0 bridgehead atoms. The third kappa shape index (κ3) is 4.11. The standard InChI is InChI=1S/C15H21ClN2O.ClH/c1-11(12-5-3-7-14(16)9-12)18(2)15(19)13-6-4-8-17-10-13;/h3,5,7,9,11,13,17H,4,6,8,10H2,1-2H3;1H/t11?,13-;/m1./s1. The fourth-order valence-electron chi connectivity index (χ4n) is 2.53. The maximum atomic E-state index is 12.5. The molecule has 0 aromatic heterocycles. The van der Waals surface area contributed by atoms with Crippen LogP contribution in [0.5, 0.6) is 0 Å². The Morgan fingerprint density at radius 2 is 2.25 bits per heavy atom. The zero-order valence-corrected chi connectivity index (χ0v) is 13.5. The van der Waals surface area contributed by atoms with Gasteiger partial charge in [-0.3, -0.25) is 4.79 Å². The smallest absolute Gasteiger partial charge is 0.227 e. The number of hydrogen-bond acceptors (Lipinski definition) is 2. The molecule has 1 aliphatic rings. The largest absolute Gasteiger partial charge is 0.339 e. The summed E-state index contributed by atoms with van der Waals surface area (Å²) in [6.07, 6.45) is 2.06. The molecule has 2 rings (SSSR count). The van der Waals surface area contributed by atoms with Crippen LogP contribution in [0.3, 0.4) is 0 Å². The van der Waals surface area contributed by atoms with E-state index in [-0.39, 0.29) is 30.3 Å². The van der Waals surface area contributed by atoms with Crippen LogP contribution in [0.15, 0.2) is 24.3 Å². The maximum Gasteiger partial charge on any atom is 0.227 e. The SMILES string of the molecule is CC(c1cccc(Cl)c1)N(C)C(=O)[C@@H]1CCCNC1.Cl. The Morgan fingerprint density at radius 3 is 2.85 bits per heavy atom. The number of carbonyl (C=O) groups is 1. The minimum atomic E-state index is 0. The summed E-state index contributed by atoms with van der Waals surface area (Å²) < 4.78 is 0. The first kappa shape index (κ1) is 17.3. The van der Waals surface area contributed by atoms with Crippen molar-refractivity contribution in [3.05, 3.63) is 34.9 Å². The molecular formula is C15H22Cl2N2O. The number of nitrogens with zero attached hydrogens (tertiary/aromatic N) is 1. The number of nitrogens with one attached hydrogen (secondary N) is 1. The van der Waals surface area contributed by atoms with Crippen molar-refractivity contribution in [2.45, 2.75) is 25.8 Å². The molecule has 1 saturated heterocycles. The van der Waals surface area contributed by atoms with E-state index in [2.05, 4.69) is 5.32 Å². The zero-order valence-electron chi connectivity index (χ0n) is 11.9. The summed E-state index contributed by atoms with van der Waals surface area (Å²) >= 11 is 6.01. The summed E-state index contributed by atoms with van der Waals surface area (Å²) in [4.78, 5) is 14.3. The summed E-state index contributed by atoms with van der Waals surface area (Å²) in [6.45, 7) is 3.86. The van der Waals surface area contributed by atoms with Crippen LogP contribution in [0.25, 0.3) is 0 Å². The zero-order chi connectivity index (χ0) is 13.8. The van der Waals surface area contributed by atoms with Crippen LogP contribution in [0.4, 0.5) is 0 Å². The molecule has 1 aromatic carbocycles. The van der Waals surface area contributed by atoms with Gasteiger partial charge < -0.3 is 10.2 Å². The number of benzene rings is 1. The van der Waals surface area contributed by atoms with Gasteiger partial charge in [-0.25, -0.2) is 0 Å². The van der Waals surface area contributed by atoms with Crippen LogP contribution in [0.2, 0.25) is 5.02 Å². The Morgan fingerprint density at radius 1 is 1.50 bits per heavy atom. The Kier molecular flexibility index (Phi) is 6.80. The molecule has 112 valence electrons. The molecule has 5 heteroatoms. The first-order valence-corrected chi connectivity index (χ1v) is 7.20. The first-order chi connectivity index (χ1) is 9.09. The van der Waals surface area contributed by atoms with Gasteiger partial charge in [-0.1, -0.05) is 23.7 Å². The molecule has 1 amide bonds. The van der Waals surface area contributed by atoms with Gasteiger partial charge in [0.15, 0.2) is 0 Å². The first-order valence-electron chi connectivity index (χ1n) is 6.82. The van der Waals surface area contributed by atoms with E-state index in [1.165, 1.54) is 0 Å². The highest BCUT2D eigenvalue weighted by molar-refractivity contribution is 6.30. The van der Waals surface area contributed by atoms with Crippen LogP contribution in [-0.2, 0) is 4.79 Å². The van der Waals surface area contributed by atoms with Gasteiger partial charge in [0.05, 0.1) is 12.0 Å². The molecule has 0 spiro atoms. The van der Waals surface area contributed by atoms with Crippen molar-refractivity contribution >= 4 is 29.9 Å². The summed E-state index contributed by atoms with van der Waals surface area (Å²) in [5.74, 6) is 0.333. The number of carbonyl (C=O) groups excluding carboxylic acids is 1. The molecule has 0 aliphatic carbocycles. The van der Waals surface area contributed by atoms with Crippen LogP contribution >= 0.6 is 24.0 Å². The van der Waals surface area contributed by atoms with Gasteiger partial charge in [-0.2, -0.15) is 0 Å². The molecule has 1 fully saturated rings. The van der Waals surface area contributed by atoms with E-state index in [1.54, 1.807) is 0 Å². The summed E-state index contributed by atoms with van der Waals surface area (Å²) in [7, 11) is 1.88. The van der Waals surface area contributed by atoms with Gasteiger partial charge in [0.1, 0.15) is 0 Å². The second-order valence-electron chi connectivity index (χ2n) is 5.22. The Hall–Kier alpha value is -0.770. The van der Waals surface area contributed by atoms with Gasteiger partial charge in [0.2, 0.25) is 5.91 Å². The average molecular weight is 317 g/mol. The van der Waals surface area contributed by atoms with Crippen molar-refractivity contribution in [1.29, 1.82) is 0 Å². The molecule has 1 N–H and O–H groups in total. The number of piperidine rings is 1. The highest BCUT2D eigenvalue weighted by atomic mass is 35.5. The normalized spacial score (nSPS) is 19.9. The molecule has 3 nitrogen and oxygen atoms in total. The fourth-order valence-corrected chi connectivity index (χ4v) is 2.73. The molecule has 2 atom stereocenters. The van der Waals surface area contributed by atoms with Gasteiger partial charge >= 0.3 is 0 Å². The summed E-state index contributed by atoms with van der Waals surface area (Å²) in [5.41, 5.74) is 1.08. The lowest BCUT2D eigenvalue weighted by Crippen LogP contribution is -2.42. The van der Waals surface area contributed by atoms with Crippen molar-refractivity contribution in [2.75, 3.05) is 20.1 Å². The van der Waals surface area contributed by atoms with Gasteiger partial charge in [0.25, 0.3) is 0 Å². The number of halogens is 2. The highest BCUT2D eigenvalue weighted by Crippen LogP contribution is 2.24. The predicted molar refractivity (Wildman–Crippen MR) is 85.5 cm³/mol. The van der Waals surface area contributed by atoms with E-state index < -0.39 is 0 Å². The fraction of sp³-hybridized carbons (Fsp3) is 0.533. The summed E-state index contributed by atoms with van der Waals surface area (Å²) in [6, 6.07) is 7.77. The number of amides is 1. The van der Waals surface area contributed by atoms with Crippen LogP contribution in [0, 0.1) is 5.92 Å². The predicted octanol–water partition coefficient (Wildman–Crippen LogP) is 3.28. The van der Waals surface area contributed by atoms with Crippen LogP contribution in [-0.4, -0.2) is 30.9 Å². The lowest BCUT2D eigenvalue weighted by atomic mass is 9.97. The van der Waals surface area contributed by atoms with E-state index in [9.17, 15) is 4.79 Å². The number of rotatable bonds is 3. The lowest BCUT2D eigenvalue weighted by Gasteiger charge is -2.31. The minimum Gasteiger partial charge on any atom is -0.339 e. The Bertz CT molecular complexity index is 447. The third-order valence-electron chi connectivity index (χ3n) is 3.91. The topological polar surface area (TPSA) is 32.3 Å². The maximum absolute atomic E-state index is 12.5. The van der Waals surface area contributed by atoms with Gasteiger partial charge in [-0.15, -0.1) is 12.4 Å². The highest BCUT2D eigenvalue weighted by Gasteiger charge is 2.26. The van der Waals surface area contributed by atoms with E-state index in [4.69, 9.17) is 11.6 Å². The Balaban J connectivity index is 0.00000200. The second kappa shape index (κ2) is 7.87. The van der Waals surface area contributed by atoms with Crippen LogP contribution in [0.1, 0.15) is 31.4 Å². The molecule has 20 heavy (non-hydrogen) atoms. The van der Waals surface area contributed by atoms with Crippen molar-refractivity contribution in [3.63, 3.8) is 0 Å². The molecule has 1 unspecified atom stereocenters. The Labute approximate surface area is 132 Å². The van der Waals surface area contributed by atoms with E-state index in [1.807, 2.05) is 43.1 Å². The third-order valence-corrected chi connectivity index (χ3v) is 4.14. The van der Waals surface area contributed by atoms with Gasteiger partial charge in [-0.05, 0) is 44.0 Å². The second-order valence-corrected chi connectivity index (χ2v) is 5.66. The van der Waals surface area contributed by atoms with Gasteiger partial charge in [0, 0.05) is 18.6 Å². The monoisotopic (exact) mass is 316 g/mol. The van der Waals surface area contributed by atoms with E-state index >= 15 is 0 Å². The lowest BCUT2D eigenvalue weighted by molar-refractivity contribution is -0.136. The quantitative estimate of drug-likeness (QED) is 0.928. The average Bonchev–Trinajstić information content (AvgIpc) is 2.46. The van der Waals surface area contributed by atoms with Crippen LogP contribution < -0.4 is 5.32 Å². The van der Waals surface area contributed by atoms with E-state index in [0.717, 1.165) is 31.5 Å². The molecule has 0 radical (unpaired) electrons. The minimum absolute atomic E-state index is 0. The summed E-state index contributed by atoms with van der Waals surface area (Å²) in [5, 5.41) is 4.00. The number of hydrogen-bond donors (Lipinski definition) is 1. The van der Waals surface area contributed by atoms with Crippen molar-refractivity contribution in [3.8, 4) is 0 Å². The van der Waals surface area contributed by atoms with Crippen molar-refractivity contribution in [2.24, 2.45) is 5.92 Å². The van der Waals surface area contributed by atoms with Crippen molar-refractivity contribution in [1.82, 2.24) is 10.2 Å². The molecular weight excluding hydrogens is 295 g/mol. The molecule has 0 saturated carbocycles.